The van der Waals surface area contributed by atoms with E-state index in [1.165, 1.54) is 6.42 Å². The second kappa shape index (κ2) is 10.9. The molecule has 1 fully saturated rings. The SMILES string of the molecule is Cc1ccc(C)c2[nH]c(=O)c([C@@H](c3nnnn3C3CCCCC3)N(Cc3cccnc3)Cc3ccco3)cc12. The quantitative estimate of drug-likeness (QED) is 0.290. The summed E-state index contributed by atoms with van der Waals surface area (Å²) >= 11 is 0. The lowest BCUT2D eigenvalue weighted by molar-refractivity contribution is 0.173. The highest BCUT2D eigenvalue weighted by Gasteiger charge is 2.33. The van der Waals surface area contributed by atoms with E-state index in [0.29, 0.717) is 24.5 Å². The molecule has 0 amide bonds. The average molecular weight is 524 g/mol. The first-order valence-electron chi connectivity index (χ1n) is 13.6. The van der Waals surface area contributed by atoms with Crippen LogP contribution in [0.1, 0.15) is 78.0 Å². The van der Waals surface area contributed by atoms with Gasteiger partial charge < -0.3 is 9.40 Å². The molecule has 9 nitrogen and oxygen atoms in total. The van der Waals surface area contributed by atoms with Gasteiger partial charge in [-0.1, -0.05) is 37.5 Å². The number of aryl methyl sites for hydroxylation is 2. The fourth-order valence-corrected chi connectivity index (χ4v) is 5.83. The molecule has 0 aliphatic heterocycles. The van der Waals surface area contributed by atoms with Crippen molar-refractivity contribution in [2.45, 2.75) is 71.1 Å². The summed E-state index contributed by atoms with van der Waals surface area (Å²) in [5.74, 6) is 1.47. The van der Waals surface area contributed by atoms with Crippen LogP contribution in [0.25, 0.3) is 10.9 Å². The first-order valence-corrected chi connectivity index (χ1v) is 13.6. The number of rotatable bonds is 8. The lowest BCUT2D eigenvalue weighted by Gasteiger charge is -2.32. The number of H-pyrrole nitrogens is 1. The summed E-state index contributed by atoms with van der Waals surface area (Å²) in [6.45, 7) is 5.08. The number of fused-ring (bicyclic) bond motifs is 1. The zero-order valence-electron chi connectivity index (χ0n) is 22.4. The minimum absolute atomic E-state index is 0.143. The molecule has 1 atom stereocenters. The number of nitrogens with zero attached hydrogens (tertiary/aromatic N) is 6. The summed E-state index contributed by atoms with van der Waals surface area (Å²) < 4.78 is 7.75. The van der Waals surface area contributed by atoms with Gasteiger partial charge in [-0.2, -0.15) is 0 Å². The van der Waals surface area contributed by atoms with Crippen molar-refractivity contribution < 1.29 is 4.42 Å². The number of hydrogen-bond donors (Lipinski definition) is 1. The topological polar surface area (TPSA) is 106 Å². The van der Waals surface area contributed by atoms with E-state index >= 15 is 0 Å². The van der Waals surface area contributed by atoms with Gasteiger partial charge in [0.1, 0.15) is 11.8 Å². The van der Waals surface area contributed by atoms with E-state index in [-0.39, 0.29) is 11.6 Å². The smallest absolute Gasteiger partial charge is 0.253 e. The van der Waals surface area contributed by atoms with E-state index in [0.717, 1.165) is 59.0 Å². The van der Waals surface area contributed by atoms with Crippen molar-refractivity contribution in [1.29, 1.82) is 0 Å². The highest BCUT2D eigenvalue weighted by atomic mass is 16.3. The second-order valence-corrected chi connectivity index (χ2v) is 10.6. The van der Waals surface area contributed by atoms with E-state index in [4.69, 9.17) is 4.42 Å². The lowest BCUT2D eigenvalue weighted by Crippen LogP contribution is -2.35. The minimum atomic E-state index is -0.514. The number of furan rings is 1. The zero-order valence-corrected chi connectivity index (χ0v) is 22.4. The van der Waals surface area contributed by atoms with Crippen LogP contribution in [-0.4, -0.2) is 35.1 Å². The van der Waals surface area contributed by atoms with Gasteiger partial charge in [-0.3, -0.25) is 14.7 Å². The van der Waals surface area contributed by atoms with Gasteiger partial charge in [0.2, 0.25) is 0 Å². The highest BCUT2D eigenvalue weighted by Crippen LogP contribution is 2.35. The van der Waals surface area contributed by atoms with Crippen molar-refractivity contribution in [3.8, 4) is 0 Å². The highest BCUT2D eigenvalue weighted by molar-refractivity contribution is 5.85. The molecular formula is C30H33N7O2. The van der Waals surface area contributed by atoms with Gasteiger partial charge >= 0.3 is 0 Å². The summed E-state index contributed by atoms with van der Waals surface area (Å²) in [5, 5.41) is 14.2. The van der Waals surface area contributed by atoms with Crippen molar-refractivity contribution in [3.05, 3.63) is 105 Å². The maximum atomic E-state index is 13.9. The standard InChI is InChI=1S/C30H33N7O2/c1-20-12-13-21(2)27-25(20)16-26(30(38)32-27)28(29-33-34-35-37(29)23-9-4-3-5-10-23)36(19-24-11-7-15-39-24)18-22-8-6-14-31-17-22/h6-8,11-17,23,28H,3-5,9-10,18-19H2,1-2H3,(H,32,38)/t28-/m0/s1. The zero-order chi connectivity index (χ0) is 26.8. The third kappa shape index (κ3) is 5.14. The Hall–Kier alpha value is -4.11. The van der Waals surface area contributed by atoms with E-state index in [9.17, 15) is 4.79 Å². The molecule has 6 rings (SSSR count). The predicted molar refractivity (Wildman–Crippen MR) is 148 cm³/mol. The van der Waals surface area contributed by atoms with Crippen LogP contribution >= 0.6 is 0 Å². The Kier molecular flexibility index (Phi) is 7.06. The van der Waals surface area contributed by atoms with Crippen molar-refractivity contribution in [1.82, 2.24) is 35.1 Å². The maximum absolute atomic E-state index is 13.9. The Morgan fingerprint density at radius 1 is 1.08 bits per heavy atom. The number of aromatic nitrogens is 6. The van der Waals surface area contributed by atoms with Crippen LogP contribution in [0.5, 0.6) is 0 Å². The number of pyridine rings is 2. The van der Waals surface area contributed by atoms with E-state index in [1.54, 1.807) is 12.5 Å². The summed E-state index contributed by atoms with van der Waals surface area (Å²) in [4.78, 5) is 23.6. The summed E-state index contributed by atoms with van der Waals surface area (Å²) in [7, 11) is 0. The molecule has 1 N–H and O–H groups in total. The average Bonchev–Trinajstić information content (AvgIpc) is 3.65. The van der Waals surface area contributed by atoms with Gasteiger partial charge in [0, 0.05) is 29.9 Å². The monoisotopic (exact) mass is 523 g/mol. The minimum Gasteiger partial charge on any atom is -0.468 e. The number of tetrazole rings is 1. The molecule has 0 saturated heterocycles. The van der Waals surface area contributed by atoms with Crippen LogP contribution < -0.4 is 5.56 Å². The molecule has 5 aromatic rings. The van der Waals surface area contributed by atoms with E-state index < -0.39 is 6.04 Å². The van der Waals surface area contributed by atoms with Crippen LogP contribution in [0.3, 0.4) is 0 Å². The third-order valence-corrected chi connectivity index (χ3v) is 7.86. The summed E-state index contributed by atoms with van der Waals surface area (Å²) in [6.07, 6.45) is 10.9. The summed E-state index contributed by atoms with van der Waals surface area (Å²) in [5.41, 5.74) is 4.48. The molecule has 1 aliphatic rings. The fraction of sp³-hybridized carbons (Fsp3) is 0.367. The first-order chi connectivity index (χ1) is 19.1. The second-order valence-electron chi connectivity index (χ2n) is 10.6. The Balaban J connectivity index is 1.55. The largest absolute Gasteiger partial charge is 0.468 e. The van der Waals surface area contributed by atoms with Crippen LogP contribution in [0, 0.1) is 13.8 Å². The van der Waals surface area contributed by atoms with Gasteiger partial charge in [-0.05, 0) is 78.1 Å². The molecule has 0 unspecified atom stereocenters. The molecule has 200 valence electrons. The Bertz CT molecular complexity index is 1600. The molecule has 4 aromatic heterocycles. The molecule has 0 radical (unpaired) electrons. The molecule has 1 saturated carbocycles. The molecule has 39 heavy (non-hydrogen) atoms. The van der Waals surface area contributed by atoms with Crippen LogP contribution in [0.15, 0.2) is 70.3 Å². The van der Waals surface area contributed by atoms with Crippen molar-refractivity contribution in [2.24, 2.45) is 0 Å². The van der Waals surface area contributed by atoms with Gasteiger partial charge in [-0.25, -0.2) is 4.68 Å². The van der Waals surface area contributed by atoms with Gasteiger partial charge in [-0.15, -0.1) is 5.10 Å². The first kappa shape index (κ1) is 25.2. The van der Waals surface area contributed by atoms with Gasteiger partial charge in [0.05, 0.1) is 24.4 Å². The normalized spacial score (nSPS) is 15.3. The molecule has 0 spiro atoms. The molecule has 9 heteroatoms. The molecule has 1 aromatic carbocycles. The number of benzene rings is 1. The lowest BCUT2D eigenvalue weighted by atomic mass is 9.94. The van der Waals surface area contributed by atoms with Gasteiger partial charge in [0.15, 0.2) is 5.82 Å². The van der Waals surface area contributed by atoms with Crippen LogP contribution in [0.2, 0.25) is 0 Å². The van der Waals surface area contributed by atoms with Crippen molar-refractivity contribution in [3.63, 3.8) is 0 Å². The van der Waals surface area contributed by atoms with Gasteiger partial charge in [0.25, 0.3) is 5.56 Å². The Morgan fingerprint density at radius 3 is 2.69 bits per heavy atom. The summed E-state index contributed by atoms with van der Waals surface area (Å²) in [6, 6.07) is 13.7. The number of nitrogens with one attached hydrogen (secondary N) is 1. The van der Waals surface area contributed by atoms with E-state index in [2.05, 4.69) is 43.4 Å². The molecule has 4 heterocycles. The number of hydrogen-bond acceptors (Lipinski definition) is 7. The molecule has 0 bridgehead atoms. The Labute approximate surface area is 226 Å². The van der Waals surface area contributed by atoms with E-state index in [1.807, 2.05) is 54.2 Å². The van der Waals surface area contributed by atoms with Crippen molar-refractivity contribution in [2.75, 3.05) is 0 Å². The van der Waals surface area contributed by atoms with Crippen LogP contribution in [-0.2, 0) is 13.1 Å². The Morgan fingerprint density at radius 2 is 1.92 bits per heavy atom. The van der Waals surface area contributed by atoms with Crippen LogP contribution in [0.4, 0.5) is 0 Å². The maximum Gasteiger partial charge on any atom is 0.253 e. The molecular weight excluding hydrogens is 490 g/mol. The fourth-order valence-electron chi connectivity index (χ4n) is 5.83. The number of aromatic amines is 1. The predicted octanol–water partition coefficient (Wildman–Crippen LogP) is 5.42. The van der Waals surface area contributed by atoms with Crippen molar-refractivity contribution >= 4 is 10.9 Å². The third-order valence-electron chi connectivity index (χ3n) is 7.86. The molecule has 1 aliphatic carbocycles.